The normalized spacial score (nSPS) is 35.6. The first kappa shape index (κ1) is 52.3. The maximum atomic E-state index is 6.92. The van der Waals surface area contributed by atoms with Crippen LogP contribution >= 0.6 is 0 Å². The number of hydrogen-bond donors (Lipinski definition) is 0. The van der Waals surface area contributed by atoms with Gasteiger partial charge in [0.05, 0.1) is 0 Å². The van der Waals surface area contributed by atoms with E-state index in [-0.39, 0.29) is 0 Å². The molecule has 6 aliphatic rings. The van der Waals surface area contributed by atoms with Gasteiger partial charge in [0.1, 0.15) is 0 Å². The van der Waals surface area contributed by atoms with Gasteiger partial charge in [-0.2, -0.15) is 0 Å². The minimum Gasteiger partial charge on any atom is -0.381 e. The molecule has 6 saturated carbocycles. The maximum Gasteiger partial charge on any atom is 0.0468 e. The molecule has 1 heteroatoms. The Balaban J connectivity index is 0.950. The van der Waals surface area contributed by atoms with Gasteiger partial charge in [-0.25, -0.2) is 0 Å². The summed E-state index contributed by atoms with van der Waals surface area (Å²) in [6, 6.07) is 0. The highest BCUT2D eigenvalue weighted by atomic mass is 16.5. The number of unbranched alkanes of at least 4 members (excludes halogenated alkanes) is 8. The lowest BCUT2D eigenvalue weighted by molar-refractivity contribution is 0.0303. The quantitative estimate of drug-likeness (QED) is 0.0712. The summed E-state index contributed by atoms with van der Waals surface area (Å²) in [5.74, 6) is 14.3. The smallest absolute Gasteiger partial charge is 0.0468 e. The van der Waals surface area contributed by atoms with Crippen LogP contribution in [0.15, 0.2) is 0 Å². The predicted octanol–water partition coefficient (Wildman–Crippen LogP) is 20.2. The van der Waals surface area contributed by atoms with E-state index in [9.17, 15) is 0 Å². The second kappa shape index (κ2) is 30.4. The molecule has 0 aliphatic heterocycles. The van der Waals surface area contributed by atoms with Crippen LogP contribution in [0.5, 0.6) is 0 Å². The SMILES string of the molecule is CCCCCCC[C@H]1CC[C@H]([C@H]2CC[C@H](C(CCOCCC([C@H]3CC[C@H](CCC)CC3)[C@H]3CC[C@H]([C@H]4CC[C@H](CCCCCCC)CC4)CC3)[C@H]3CC[C@H](CCC)CC3)CC2)CC1. The molecule has 2 unspecified atom stereocenters. The lowest BCUT2D eigenvalue weighted by Gasteiger charge is -2.43. The molecule has 6 fully saturated rings. The van der Waals surface area contributed by atoms with Crippen molar-refractivity contribution in [3.8, 4) is 0 Å². The topological polar surface area (TPSA) is 9.23 Å². The van der Waals surface area contributed by atoms with Crippen molar-refractivity contribution >= 4 is 0 Å². The summed E-state index contributed by atoms with van der Waals surface area (Å²) in [5, 5.41) is 0. The molecule has 0 heterocycles. The van der Waals surface area contributed by atoms with E-state index in [0.29, 0.717) is 0 Å². The van der Waals surface area contributed by atoms with Gasteiger partial charge in [-0.3, -0.25) is 0 Å². The van der Waals surface area contributed by atoms with Crippen molar-refractivity contribution in [1.82, 2.24) is 0 Å². The zero-order chi connectivity index (χ0) is 43.9. The van der Waals surface area contributed by atoms with E-state index in [0.717, 1.165) is 96.1 Å². The van der Waals surface area contributed by atoms with E-state index < -0.39 is 0 Å². The summed E-state index contributed by atoms with van der Waals surface area (Å²) in [5.41, 5.74) is 0. The van der Waals surface area contributed by atoms with Gasteiger partial charge < -0.3 is 4.74 Å². The van der Waals surface area contributed by atoms with Crippen molar-refractivity contribution in [2.24, 2.45) is 82.9 Å². The third kappa shape index (κ3) is 17.8. The minimum absolute atomic E-state index is 0.942. The van der Waals surface area contributed by atoms with E-state index in [2.05, 4.69) is 27.7 Å². The van der Waals surface area contributed by atoms with Crippen LogP contribution < -0.4 is 0 Å². The third-order valence-electron chi connectivity index (χ3n) is 21.0. The number of ether oxygens (including phenoxy) is 1. The fourth-order valence-corrected chi connectivity index (χ4v) is 16.9. The van der Waals surface area contributed by atoms with Gasteiger partial charge in [0, 0.05) is 13.2 Å². The fraction of sp³-hybridized carbons (Fsp3) is 1.00. The predicted molar refractivity (Wildman–Crippen MR) is 276 cm³/mol. The minimum atomic E-state index is 0.942. The van der Waals surface area contributed by atoms with Crippen molar-refractivity contribution in [3.05, 3.63) is 0 Å². The monoisotopic (exact) mass is 875 g/mol. The molecule has 0 spiro atoms. The Kier molecular flexibility index (Phi) is 25.3. The first-order chi connectivity index (χ1) is 31.1. The fourth-order valence-electron chi connectivity index (χ4n) is 16.9. The molecule has 1 nitrogen and oxygen atoms in total. The van der Waals surface area contributed by atoms with Crippen LogP contribution in [0.4, 0.5) is 0 Å². The van der Waals surface area contributed by atoms with Gasteiger partial charge in [-0.1, -0.05) is 182 Å². The summed E-state index contributed by atoms with van der Waals surface area (Å²) < 4.78 is 6.92. The molecule has 0 aromatic carbocycles. The van der Waals surface area contributed by atoms with Crippen molar-refractivity contribution in [1.29, 1.82) is 0 Å². The number of hydrogen-bond acceptors (Lipinski definition) is 1. The molecule has 0 amide bonds. The Bertz CT molecular complexity index is 994. The third-order valence-corrected chi connectivity index (χ3v) is 21.0. The summed E-state index contributed by atoms with van der Waals surface area (Å²) in [6.07, 6.45) is 63.3. The van der Waals surface area contributed by atoms with Crippen LogP contribution in [0.1, 0.15) is 297 Å². The van der Waals surface area contributed by atoms with Crippen LogP contribution in [-0.4, -0.2) is 13.2 Å². The lowest BCUT2D eigenvalue weighted by atomic mass is 9.63. The Labute approximate surface area is 396 Å². The van der Waals surface area contributed by atoms with Gasteiger partial charge >= 0.3 is 0 Å². The van der Waals surface area contributed by atoms with Crippen LogP contribution in [0.2, 0.25) is 0 Å². The molecule has 0 aromatic heterocycles. The average molecular weight is 876 g/mol. The molecule has 368 valence electrons. The first-order valence-electron chi connectivity index (χ1n) is 30.7. The zero-order valence-corrected chi connectivity index (χ0v) is 43.6. The molecule has 63 heavy (non-hydrogen) atoms. The van der Waals surface area contributed by atoms with Gasteiger partial charge in [0.15, 0.2) is 0 Å². The lowest BCUT2D eigenvalue weighted by Crippen LogP contribution is -2.34. The summed E-state index contributed by atoms with van der Waals surface area (Å²) in [4.78, 5) is 0. The summed E-state index contributed by atoms with van der Waals surface area (Å²) in [6.45, 7) is 11.7. The van der Waals surface area contributed by atoms with Crippen molar-refractivity contribution in [2.75, 3.05) is 13.2 Å². The highest BCUT2D eigenvalue weighted by molar-refractivity contribution is 4.90. The molecule has 0 N–H and O–H groups in total. The molecular formula is C62H114O. The van der Waals surface area contributed by atoms with Crippen LogP contribution in [0, 0.1) is 82.9 Å². The number of rotatable bonds is 28. The molecule has 0 bridgehead atoms. The van der Waals surface area contributed by atoms with Crippen molar-refractivity contribution in [3.63, 3.8) is 0 Å². The van der Waals surface area contributed by atoms with Crippen LogP contribution in [0.25, 0.3) is 0 Å². The van der Waals surface area contributed by atoms with E-state index in [4.69, 9.17) is 4.74 Å². The Hall–Kier alpha value is -0.0400. The molecular weight excluding hydrogens is 761 g/mol. The standard InChI is InChI=1S/C62H114O/c1-5-9-11-13-15-19-51-21-29-53(30-22-51)55-37-41-59(42-38-55)61(57-33-25-49(17-7-3)26-34-57)45-47-63-48-46-62(58-35-27-50(18-8-4)28-36-58)60-43-39-56(40-44-60)54-31-23-52(24-32-54)20-16-14-12-10-6-2/h49-62H,5-48H2,1-4H3/t49-,50-,51-,52-,53-,54-,55-,56-,57-,58-,59-,60-,61?,62?. The maximum absolute atomic E-state index is 6.92. The molecule has 0 aromatic rings. The second-order valence-electron chi connectivity index (χ2n) is 25.0. The van der Waals surface area contributed by atoms with Crippen LogP contribution in [-0.2, 0) is 4.74 Å². The molecule has 2 atom stereocenters. The highest BCUT2D eigenvalue weighted by Gasteiger charge is 2.39. The largest absolute Gasteiger partial charge is 0.381 e. The molecule has 0 saturated heterocycles. The highest BCUT2D eigenvalue weighted by Crippen LogP contribution is 2.50. The van der Waals surface area contributed by atoms with E-state index in [1.165, 1.54) is 167 Å². The summed E-state index contributed by atoms with van der Waals surface area (Å²) in [7, 11) is 0. The van der Waals surface area contributed by atoms with Gasteiger partial charge in [0.25, 0.3) is 0 Å². The van der Waals surface area contributed by atoms with Crippen molar-refractivity contribution < 1.29 is 4.74 Å². The second-order valence-corrected chi connectivity index (χ2v) is 25.0. The Morgan fingerprint density at radius 3 is 0.873 bits per heavy atom. The first-order valence-corrected chi connectivity index (χ1v) is 30.7. The van der Waals surface area contributed by atoms with Gasteiger partial charge in [-0.15, -0.1) is 0 Å². The van der Waals surface area contributed by atoms with Crippen LogP contribution in [0.3, 0.4) is 0 Å². The Morgan fingerprint density at radius 1 is 0.286 bits per heavy atom. The summed E-state index contributed by atoms with van der Waals surface area (Å²) >= 11 is 0. The zero-order valence-electron chi connectivity index (χ0n) is 43.6. The Morgan fingerprint density at radius 2 is 0.556 bits per heavy atom. The van der Waals surface area contributed by atoms with E-state index in [1.807, 2.05) is 0 Å². The average Bonchev–Trinajstić information content (AvgIpc) is 3.33. The molecule has 0 radical (unpaired) electrons. The molecule has 6 aliphatic carbocycles. The van der Waals surface area contributed by atoms with Gasteiger partial charge in [0.2, 0.25) is 0 Å². The van der Waals surface area contributed by atoms with Crippen molar-refractivity contribution in [2.45, 2.75) is 297 Å². The van der Waals surface area contributed by atoms with E-state index in [1.54, 1.807) is 103 Å². The van der Waals surface area contributed by atoms with Gasteiger partial charge in [-0.05, 0) is 198 Å². The molecule has 6 rings (SSSR count). The van der Waals surface area contributed by atoms with E-state index >= 15 is 0 Å².